The molecule has 1 aliphatic heterocycles. The molecule has 0 amide bonds. The fourth-order valence-electron chi connectivity index (χ4n) is 2.57. The highest BCUT2D eigenvalue weighted by atomic mass is 79.9. The topological polar surface area (TPSA) is 15.3 Å². The first-order valence-electron chi connectivity index (χ1n) is 6.18. The molecule has 0 bridgehead atoms. The van der Waals surface area contributed by atoms with Crippen molar-refractivity contribution in [1.82, 2.24) is 10.2 Å². The Morgan fingerprint density at radius 1 is 1.21 bits per heavy atom. The Morgan fingerprint density at radius 3 is 2.21 bits per heavy atom. The molecule has 1 aliphatic rings. The van der Waals surface area contributed by atoms with Crippen molar-refractivity contribution in [2.45, 2.75) is 26.8 Å². The van der Waals surface area contributed by atoms with Crippen molar-refractivity contribution >= 4 is 52.1 Å². The number of halogens is 3. The Bertz CT molecular complexity index is 373. The summed E-state index contributed by atoms with van der Waals surface area (Å²) in [5.41, 5.74) is 0.279. The lowest BCUT2D eigenvalue weighted by Gasteiger charge is -2.41. The average molecular weight is 390 g/mol. The largest absolute Gasteiger partial charge is 0.314 e. The van der Waals surface area contributed by atoms with Crippen molar-refractivity contribution < 1.29 is 0 Å². The summed E-state index contributed by atoms with van der Waals surface area (Å²) < 4.78 is 1.23. The number of piperazine rings is 1. The van der Waals surface area contributed by atoms with E-state index in [0.717, 1.165) is 26.2 Å². The molecule has 1 aromatic rings. The third-order valence-electron chi connectivity index (χ3n) is 3.20. The molecule has 1 aromatic heterocycles. The number of rotatable bonds is 2. The Morgan fingerprint density at radius 2 is 1.79 bits per heavy atom. The first-order valence-corrected chi connectivity index (χ1v) is 7.79. The second-order valence-electron chi connectivity index (χ2n) is 5.70. The fraction of sp³-hybridized carbons (Fsp3) is 0.692. The van der Waals surface area contributed by atoms with E-state index in [4.69, 9.17) is 0 Å². The van der Waals surface area contributed by atoms with Gasteiger partial charge < -0.3 is 5.32 Å². The van der Waals surface area contributed by atoms with Crippen LogP contribution in [0.2, 0.25) is 0 Å². The van der Waals surface area contributed by atoms with Crippen molar-refractivity contribution in [1.29, 1.82) is 0 Å². The Hall–Kier alpha value is 0.680. The van der Waals surface area contributed by atoms with E-state index >= 15 is 0 Å². The third-order valence-corrected chi connectivity index (χ3v) is 4.88. The molecule has 0 unspecified atom stereocenters. The molecule has 1 N–H and O–H groups in total. The highest BCUT2D eigenvalue weighted by Crippen LogP contribution is 2.41. The minimum atomic E-state index is 0. The van der Waals surface area contributed by atoms with Gasteiger partial charge in [0.15, 0.2) is 0 Å². The highest BCUT2D eigenvalue weighted by Gasteiger charge is 2.33. The monoisotopic (exact) mass is 388 g/mol. The second kappa shape index (κ2) is 8.20. The second-order valence-corrected chi connectivity index (χ2v) is 8.19. The van der Waals surface area contributed by atoms with E-state index in [9.17, 15) is 0 Å². The van der Waals surface area contributed by atoms with Gasteiger partial charge in [0.1, 0.15) is 0 Å². The summed E-state index contributed by atoms with van der Waals surface area (Å²) in [7, 11) is 0. The van der Waals surface area contributed by atoms with Gasteiger partial charge in [-0.25, -0.2) is 0 Å². The van der Waals surface area contributed by atoms with E-state index in [0.29, 0.717) is 6.04 Å². The molecule has 19 heavy (non-hydrogen) atoms. The Labute approximate surface area is 141 Å². The highest BCUT2D eigenvalue weighted by molar-refractivity contribution is 9.11. The normalized spacial score (nSPS) is 18.3. The lowest BCUT2D eigenvalue weighted by atomic mass is 9.84. The maximum absolute atomic E-state index is 3.58. The van der Waals surface area contributed by atoms with E-state index < -0.39 is 0 Å². The molecule has 112 valence electrons. The predicted octanol–water partition coefficient (Wildman–Crippen LogP) is 4.35. The van der Waals surface area contributed by atoms with Crippen LogP contribution in [0.4, 0.5) is 0 Å². The predicted molar refractivity (Wildman–Crippen MR) is 93.2 cm³/mol. The quantitative estimate of drug-likeness (QED) is 0.808. The number of thiophene rings is 1. The van der Waals surface area contributed by atoms with Gasteiger partial charge in [0.2, 0.25) is 0 Å². The van der Waals surface area contributed by atoms with Gasteiger partial charge in [0.25, 0.3) is 0 Å². The molecule has 2 rings (SSSR count). The van der Waals surface area contributed by atoms with Crippen LogP contribution in [0.3, 0.4) is 0 Å². The van der Waals surface area contributed by atoms with Crippen molar-refractivity contribution in [3.05, 3.63) is 20.8 Å². The summed E-state index contributed by atoms with van der Waals surface area (Å²) in [6.07, 6.45) is 0. The van der Waals surface area contributed by atoms with Crippen LogP contribution in [0.15, 0.2) is 15.9 Å². The van der Waals surface area contributed by atoms with Crippen LogP contribution < -0.4 is 5.32 Å². The van der Waals surface area contributed by atoms with Gasteiger partial charge >= 0.3 is 0 Å². The van der Waals surface area contributed by atoms with Gasteiger partial charge in [0.05, 0.1) is 3.79 Å². The zero-order chi connectivity index (χ0) is 12.5. The first-order chi connectivity index (χ1) is 7.98. The smallest absolute Gasteiger partial charge is 0.0701 e. The maximum Gasteiger partial charge on any atom is 0.0701 e. The number of hydrogen-bond donors (Lipinski definition) is 1. The van der Waals surface area contributed by atoms with Crippen LogP contribution in [0.1, 0.15) is 31.7 Å². The van der Waals surface area contributed by atoms with E-state index in [2.05, 4.69) is 59.1 Å². The van der Waals surface area contributed by atoms with E-state index in [1.165, 1.54) is 8.66 Å². The van der Waals surface area contributed by atoms with Crippen LogP contribution in [0.5, 0.6) is 0 Å². The summed E-state index contributed by atoms with van der Waals surface area (Å²) in [6, 6.07) is 4.97. The van der Waals surface area contributed by atoms with Gasteiger partial charge in [-0.3, -0.25) is 4.90 Å². The van der Waals surface area contributed by atoms with Crippen molar-refractivity contribution in [2.24, 2.45) is 5.41 Å². The molecule has 0 aromatic carbocycles. The Kier molecular flexibility index (Phi) is 8.50. The van der Waals surface area contributed by atoms with E-state index in [1.54, 1.807) is 0 Å². The molecule has 1 atom stereocenters. The molecule has 0 aliphatic carbocycles. The lowest BCUT2D eigenvalue weighted by molar-refractivity contribution is 0.0888. The minimum absolute atomic E-state index is 0. The molecular weight excluding hydrogens is 367 g/mol. The van der Waals surface area contributed by atoms with E-state index in [-0.39, 0.29) is 30.2 Å². The molecule has 1 saturated heterocycles. The van der Waals surface area contributed by atoms with Crippen molar-refractivity contribution in [3.63, 3.8) is 0 Å². The molecule has 2 heterocycles. The maximum atomic E-state index is 3.58. The average Bonchev–Trinajstić information content (AvgIpc) is 2.64. The van der Waals surface area contributed by atoms with Crippen molar-refractivity contribution in [2.75, 3.05) is 26.2 Å². The summed E-state index contributed by atoms with van der Waals surface area (Å²) in [6.45, 7) is 11.5. The third kappa shape index (κ3) is 5.18. The van der Waals surface area contributed by atoms with Gasteiger partial charge in [-0.2, -0.15) is 0 Å². The van der Waals surface area contributed by atoms with Crippen LogP contribution in [0, 0.1) is 5.41 Å². The van der Waals surface area contributed by atoms with Gasteiger partial charge in [-0.1, -0.05) is 20.8 Å². The number of nitrogens with zero attached hydrogens (tertiary/aromatic N) is 1. The number of nitrogens with one attached hydrogen (secondary N) is 1. The molecule has 0 spiro atoms. The van der Waals surface area contributed by atoms with Gasteiger partial charge in [0, 0.05) is 37.1 Å². The minimum Gasteiger partial charge on any atom is -0.314 e. The molecule has 6 heteroatoms. The molecule has 2 nitrogen and oxygen atoms in total. The molecule has 0 radical (unpaired) electrons. The van der Waals surface area contributed by atoms with Crippen molar-refractivity contribution in [3.8, 4) is 0 Å². The standard InChI is InChI=1S/C13H21BrN2S.2ClH/c1-13(2,3)12(10-4-5-11(14)17-10)16-8-6-15-7-9-16;;/h4-5,12,15H,6-9H2,1-3H3;2*1H/t12-;;/m1../s1. The lowest BCUT2D eigenvalue weighted by Crippen LogP contribution is -2.48. The van der Waals surface area contributed by atoms with E-state index in [1.807, 2.05) is 11.3 Å². The van der Waals surface area contributed by atoms with Gasteiger partial charge in [-0.15, -0.1) is 36.2 Å². The number of hydrogen-bond acceptors (Lipinski definition) is 3. The van der Waals surface area contributed by atoms with Crippen LogP contribution in [-0.2, 0) is 0 Å². The molecule has 0 saturated carbocycles. The molecular formula is C13H23BrCl2N2S. The van der Waals surface area contributed by atoms with Crippen LogP contribution in [0.25, 0.3) is 0 Å². The van der Waals surface area contributed by atoms with Gasteiger partial charge in [-0.05, 0) is 33.5 Å². The summed E-state index contributed by atoms with van der Waals surface area (Å²) in [5.74, 6) is 0. The summed E-state index contributed by atoms with van der Waals surface area (Å²) in [4.78, 5) is 4.10. The fourth-order valence-corrected chi connectivity index (χ4v) is 4.37. The molecule has 1 fully saturated rings. The summed E-state index contributed by atoms with van der Waals surface area (Å²) in [5, 5.41) is 3.43. The first kappa shape index (κ1) is 19.7. The zero-order valence-corrected chi connectivity index (χ0v) is 15.6. The summed E-state index contributed by atoms with van der Waals surface area (Å²) >= 11 is 5.45. The van der Waals surface area contributed by atoms with Crippen LogP contribution >= 0.6 is 52.1 Å². The zero-order valence-electron chi connectivity index (χ0n) is 11.6. The van der Waals surface area contributed by atoms with Crippen LogP contribution in [-0.4, -0.2) is 31.1 Å². The Balaban J connectivity index is 0.00000162. The SMILES string of the molecule is CC(C)(C)[C@@H](c1ccc(Br)s1)N1CCNCC1.Cl.Cl.